The average Bonchev–Trinajstić information content (AvgIpc) is 3.49. The number of thiazole rings is 1. The van der Waals surface area contributed by atoms with E-state index in [0.717, 1.165) is 5.52 Å². The molecule has 32 heavy (non-hydrogen) atoms. The summed E-state index contributed by atoms with van der Waals surface area (Å²) < 4.78 is 29.3. The van der Waals surface area contributed by atoms with E-state index in [2.05, 4.69) is 14.7 Å². The quantitative estimate of drug-likeness (QED) is 0.415. The van der Waals surface area contributed by atoms with Gasteiger partial charge in [-0.1, -0.05) is 23.2 Å². The van der Waals surface area contributed by atoms with Crippen molar-refractivity contribution in [1.82, 2.24) is 14.5 Å². The number of aromatic nitrogens is 3. The van der Waals surface area contributed by atoms with Crippen LogP contribution >= 0.6 is 34.5 Å². The molecule has 0 unspecified atom stereocenters. The molecule has 1 atom stereocenters. The van der Waals surface area contributed by atoms with Gasteiger partial charge in [0.05, 0.1) is 32.3 Å². The molecule has 0 aliphatic carbocycles. The predicted octanol–water partition coefficient (Wildman–Crippen LogP) is 4.82. The summed E-state index contributed by atoms with van der Waals surface area (Å²) in [6.45, 7) is 0.494. The van der Waals surface area contributed by atoms with E-state index in [0.29, 0.717) is 39.3 Å². The monoisotopic (exact) mass is 509 g/mol. The van der Waals surface area contributed by atoms with Crippen molar-refractivity contribution >= 4 is 72.3 Å². The number of halogens is 2. The highest BCUT2D eigenvalue weighted by molar-refractivity contribution is 7.93. The van der Waals surface area contributed by atoms with Crippen LogP contribution in [-0.2, 0) is 14.8 Å². The second kappa shape index (κ2) is 8.04. The number of imidazole rings is 1. The normalized spacial score (nSPS) is 16.8. The molecular weight excluding hydrogens is 493 g/mol. The number of carbonyl (C=O) groups excluding carboxylic acids is 1. The van der Waals surface area contributed by atoms with E-state index in [4.69, 9.17) is 23.2 Å². The SMILES string of the molecule is O=C1[C@@H](n2cnc3cc(Cl)c(Cl)cc32)CCN1c1ccc(S(=O)(=O)Nc2nccs2)cc1.[HH]. The van der Waals surface area contributed by atoms with Gasteiger partial charge >= 0.3 is 0 Å². The van der Waals surface area contributed by atoms with Crippen molar-refractivity contribution in [3.63, 3.8) is 0 Å². The summed E-state index contributed by atoms with van der Waals surface area (Å²) in [4.78, 5) is 23.2. The molecule has 1 fully saturated rings. The first-order valence-electron chi connectivity index (χ1n) is 9.49. The zero-order valence-electron chi connectivity index (χ0n) is 16.3. The molecule has 5 rings (SSSR count). The summed E-state index contributed by atoms with van der Waals surface area (Å²) in [6.07, 6.45) is 3.71. The summed E-state index contributed by atoms with van der Waals surface area (Å²) >= 11 is 13.4. The topological polar surface area (TPSA) is 97.2 Å². The molecule has 12 heteroatoms. The van der Waals surface area contributed by atoms with E-state index >= 15 is 0 Å². The summed E-state index contributed by atoms with van der Waals surface area (Å²) in [5, 5.41) is 2.78. The molecule has 1 aliphatic rings. The van der Waals surface area contributed by atoms with Gasteiger partial charge in [-0.15, -0.1) is 11.3 Å². The highest BCUT2D eigenvalue weighted by atomic mass is 35.5. The Morgan fingerprint density at radius 1 is 1.12 bits per heavy atom. The zero-order valence-corrected chi connectivity index (χ0v) is 19.4. The molecule has 1 N–H and O–H groups in total. The maximum atomic E-state index is 13.2. The third-order valence-corrected chi connectivity index (χ3v) is 8.14. The Hall–Kier alpha value is -2.66. The lowest BCUT2D eigenvalue weighted by atomic mass is 10.2. The Balaban J connectivity index is 0.00000259. The van der Waals surface area contributed by atoms with Crippen LogP contribution in [0.4, 0.5) is 10.8 Å². The van der Waals surface area contributed by atoms with Gasteiger partial charge in [-0.05, 0) is 42.8 Å². The zero-order chi connectivity index (χ0) is 22.5. The summed E-state index contributed by atoms with van der Waals surface area (Å²) in [6, 6.07) is 9.13. The minimum absolute atomic E-state index is 0. The smallest absolute Gasteiger partial charge is 0.263 e. The Bertz CT molecular complexity index is 1430. The number of carbonyl (C=O) groups is 1. The Morgan fingerprint density at radius 3 is 2.59 bits per heavy atom. The fourth-order valence-electron chi connectivity index (χ4n) is 3.70. The molecule has 1 aliphatic heterocycles. The van der Waals surface area contributed by atoms with E-state index in [1.807, 2.05) is 0 Å². The number of nitrogens with zero attached hydrogens (tertiary/aromatic N) is 4. The molecule has 1 amide bonds. The van der Waals surface area contributed by atoms with Gasteiger partial charge in [0.1, 0.15) is 6.04 Å². The van der Waals surface area contributed by atoms with Crippen LogP contribution in [0.25, 0.3) is 11.0 Å². The second-order valence-corrected chi connectivity index (χ2v) is 10.5. The van der Waals surface area contributed by atoms with Gasteiger partial charge in [-0.3, -0.25) is 9.52 Å². The van der Waals surface area contributed by atoms with Crippen molar-refractivity contribution in [2.45, 2.75) is 17.4 Å². The van der Waals surface area contributed by atoms with E-state index in [1.165, 1.54) is 29.7 Å². The van der Waals surface area contributed by atoms with Gasteiger partial charge in [0.15, 0.2) is 5.13 Å². The summed E-state index contributed by atoms with van der Waals surface area (Å²) in [7, 11) is -3.76. The van der Waals surface area contributed by atoms with Crippen molar-refractivity contribution in [3.05, 3.63) is 64.3 Å². The lowest BCUT2D eigenvalue weighted by Gasteiger charge is -2.18. The fourth-order valence-corrected chi connectivity index (χ4v) is 5.81. The van der Waals surface area contributed by atoms with Crippen molar-refractivity contribution in [2.24, 2.45) is 0 Å². The molecule has 2 aromatic heterocycles. The minimum atomic E-state index is -3.76. The molecule has 8 nitrogen and oxygen atoms in total. The van der Waals surface area contributed by atoms with Crippen LogP contribution in [0, 0.1) is 0 Å². The number of fused-ring (bicyclic) bond motifs is 1. The number of anilines is 2. The van der Waals surface area contributed by atoms with Gasteiger partial charge < -0.3 is 9.47 Å². The number of benzene rings is 2. The number of hydrogen-bond donors (Lipinski definition) is 1. The van der Waals surface area contributed by atoms with E-state index in [1.54, 1.807) is 45.4 Å². The fraction of sp³-hybridized carbons (Fsp3) is 0.150. The van der Waals surface area contributed by atoms with Gasteiger partial charge in [-0.25, -0.2) is 18.4 Å². The van der Waals surface area contributed by atoms with Gasteiger partial charge in [0.25, 0.3) is 10.0 Å². The average molecular weight is 510 g/mol. The van der Waals surface area contributed by atoms with E-state index < -0.39 is 16.1 Å². The molecule has 4 aromatic rings. The van der Waals surface area contributed by atoms with Crippen LogP contribution in [0.5, 0.6) is 0 Å². The standard InChI is InChI=1S/C20H15Cl2N5O3S2.H2/c21-14-9-16-18(10-15(14)22)27(11-24-16)17-5-7-26(19(17)28)12-1-3-13(4-2-12)32(29,30)25-20-23-6-8-31-20;/h1-4,6,8-11,17H,5,7H2,(H,23,25);1H/t17-;/m0./s1. The molecule has 0 radical (unpaired) electrons. The van der Waals surface area contributed by atoms with Crippen LogP contribution in [0.15, 0.2) is 59.2 Å². The molecule has 0 spiro atoms. The maximum Gasteiger partial charge on any atom is 0.263 e. The highest BCUT2D eigenvalue weighted by Gasteiger charge is 2.34. The molecule has 2 aromatic carbocycles. The molecule has 0 saturated carbocycles. The van der Waals surface area contributed by atoms with Gasteiger partial charge in [-0.2, -0.15) is 0 Å². The van der Waals surface area contributed by atoms with Crippen molar-refractivity contribution in [3.8, 4) is 0 Å². The predicted molar refractivity (Wildman–Crippen MR) is 127 cm³/mol. The highest BCUT2D eigenvalue weighted by Crippen LogP contribution is 2.34. The number of amides is 1. The summed E-state index contributed by atoms with van der Waals surface area (Å²) in [5.41, 5.74) is 2.01. The number of hydrogen-bond acceptors (Lipinski definition) is 6. The molecule has 3 heterocycles. The van der Waals surface area contributed by atoms with E-state index in [9.17, 15) is 13.2 Å². The van der Waals surface area contributed by atoms with Crippen LogP contribution in [-0.4, -0.2) is 35.4 Å². The third-order valence-electron chi connectivity index (χ3n) is 5.24. The molecule has 1 saturated heterocycles. The lowest BCUT2D eigenvalue weighted by Crippen LogP contribution is -2.28. The van der Waals surface area contributed by atoms with Crippen molar-refractivity contribution < 1.29 is 14.6 Å². The van der Waals surface area contributed by atoms with Crippen LogP contribution < -0.4 is 9.62 Å². The van der Waals surface area contributed by atoms with Gasteiger partial charge in [0, 0.05) is 25.2 Å². The molecule has 0 bridgehead atoms. The largest absolute Gasteiger partial charge is 0.318 e. The number of rotatable bonds is 5. The lowest BCUT2D eigenvalue weighted by molar-refractivity contribution is -0.119. The maximum absolute atomic E-state index is 13.2. The van der Waals surface area contributed by atoms with E-state index in [-0.39, 0.29) is 12.2 Å². The first-order chi connectivity index (χ1) is 15.3. The Morgan fingerprint density at radius 2 is 1.88 bits per heavy atom. The first-order valence-corrected chi connectivity index (χ1v) is 12.6. The summed E-state index contributed by atoms with van der Waals surface area (Å²) in [5.74, 6) is -0.105. The van der Waals surface area contributed by atoms with Gasteiger partial charge in [0.2, 0.25) is 5.91 Å². The molecular formula is C20H17Cl2N5O3S2. The minimum Gasteiger partial charge on any atom is -0.318 e. The number of nitrogens with one attached hydrogen (secondary N) is 1. The first kappa shape index (κ1) is 21.2. The van der Waals surface area contributed by atoms with Crippen molar-refractivity contribution in [2.75, 3.05) is 16.2 Å². The van der Waals surface area contributed by atoms with Crippen molar-refractivity contribution in [1.29, 1.82) is 0 Å². The Kier molecular flexibility index (Phi) is 5.32. The second-order valence-electron chi connectivity index (χ2n) is 7.14. The van der Waals surface area contributed by atoms with Crippen LogP contribution in [0.3, 0.4) is 0 Å². The number of sulfonamides is 1. The third kappa shape index (κ3) is 3.73. The molecule has 166 valence electrons. The van der Waals surface area contributed by atoms with Crippen LogP contribution in [0.1, 0.15) is 13.9 Å². The Labute approximate surface area is 199 Å². The van der Waals surface area contributed by atoms with Crippen LogP contribution in [0.2, 0.25) is 10.0 Å².